The smallest absolute Gasteiger partial charge is 0.319 e. The van der Waals surface area contributed by atoms with Gasteiger partial charge in [-0.1, -0.05) is 0 Å². The number of aliphatic hydroxyl groups is 1. The molecule has 0 heterocycles. The Morgan fingerprint density at radius 1 is 1.50 bits per heavy atom. The third-order valence-corrected chi connectivity index (χ3v) is 3.35. The van der Waals surface area contributed by atoms with E-state index in [2.05, 4.69) is 10.6 Å². The zero-order chi connectivity index (χ0) is 14.6. The number of hydrogen-bond acceptors (Lipinski definition) is 3. The summed E-state index contributed by atoms with van der Waals surface area (Å²) in [6, 6.07) is 3.46. The molecule has 0 spiro atoms. The zero-order valence-electron chi connectivity index (χ0n) is 11.4. The minimum absolute atomic E-state index is 0.212. The van der Waals surface area contributed by atoms with E-state index in [9.17, 15) is 14.3 Å². The van der Waals surface area contributed by atoms with Gasteiger partial charge in [0.25, 0.3) is 0 Å². The number of amides is 2. The summed E-state index contributed by atoms with van der Waals surface area (Å²) in [6.07, 6.45) is 2.38. The summed E-state index contributed by atoms with van der Waals surface area (Å²) >= 11 is 0. The Bertz CT molecular complexity index is 489. The molecule has 3 N–H and O–H groups in total. The van der Waals surface area contributed by atoms with Crippen LogP contribution in [0.1, 0.15) is 26.2 Å². The highest BCUT2D eigenvalue weighted by Gasteiger charge is 2.34. The number of halogens is 1. The van der Waals surface area contributed by atoms with E-state index in [0.717, 1.165) is 6.42 Å². The first-order chi connectivity index (χ1) is 9.52. The molecule has 1 aromatic rings. The molecule has 5 nitrogen and oxygen atoms in total. The van der Waals surface area contributed by atoms with E-state index in [1.807, 2.05) is 0 Å². The van der Waals surface area contributed by atoms with E-state index in [1.54, 1.807) is 6.92 Å². The van der Waals surface area contributed by atoms with Crippen molar-refractivity contribution in [2.24, 2.45) is 0 Å². The lowest BCUT2D eigenvalue weighted by Gasteiger charge is -2.36. The molecule has 0 bridgehead atoms. The van der Waals surface area contributed by atoms with Crippen LogP contribution in [0.3, 0.4) is 0 Å². The summed E-state index contributed by atoms with van der Waals surface area (Å²) in [7, 11) is 0. The largest absolute Gasteiger partial charge is 0.492 e. The number of carbonyl (C=O) groups excluding carboxylic acids is 1. The molecule has 1 saturated carbocycles. The van der Waals surface area contributed by atoms with Crippen LogP contribution in [0.5, 0.6) is 5.75 Å². The van der Waals surface area contributed by atoms with Gasteiger partial charge in [-0.25, -0.2) is 9.18 Å². The minimum atomic E-state index is -0.775. The maximum Gasteiger partial charge on any atom is 0.319 e. The molecule has 0 aliphatic heterocycles. The maximum atomic E-state index is 13.1. The number of anilines is 1. The van der Waals surface area contributed by atoms with E-state index in [0.29, 0.717) is 25.1 Å². The van der Waals surface area contributed by atoms with Crippen molar-refractivity contribution in [1.29, 1.82) is 0 Å². The third kappa shape index (κ3) is 3.60. The highest BCUT2D eigenvalue weighted by Crippen LogP contribution is 2.30. The van der Waals surface area contributed by atoms with Crippen molar-refractivity contribution in [3.8, 4) is 5.75 Å². The van der Waals surface area contributed by atoms with Crippen molar-refractivity contribution in [3.63, 3.8) is 0 Å². The van der Waals surface area contributed by atoms with Crippen molar-refractivity contribution in [1.82, 2.24) is 5.32 Å². The second-order valence-corrected chi connectivity index (χ2v) is 4.96. The van der Waals surface area contributed by atoms with Crippen molar-refractivity contribution >= 4 is 11.7 Å². The standard InChI is InChI=1S/C14H19FN2O3/c1-2-20-12-8-10(15)4-5-11(12)17-13(18)16-9-14(19)6-3-7-14/h4-5,8,19H,2-3,6-7,9H2,1H3,(H2,16,17,18). The SMILES string of the molecule is CCOc1cc(F)ccc1NC(=O)NCC1(O)CCC1. The number of rotatable bonds is 5. The van der Waals surface area contributed by atoms with Crippen LogP contribution in [-0.4, -0.2) is 29.9 Å². The summed E-state index contributed by atoms with van der Waals surface area (Å²) in [4.78, 5) is 11.8. The maximum absolute atomic E-state index is 13.1. The molecule has 0 aromatic heterocycles. The fourth-order valence-corrected chi connectivity index (χ4v) is 2.05. The van der Waals surface area contributed by atoms with Gasteiger partial charge in [-0.2, -0.15) is 0 Å². The first kappa shape index (κ1) is 14.6. The van der Waals surface area contributed by atoms with Gasteiger partial charge in [0.05, 0.1) is 17.9 Å². The first-order valence-electron chi connectivity index (χ1n) is 6.72. The van der Waals surface area contributed by atoms with Gasteiger partial charge >= 0.3 is 6.03 Å². The zero-order valence-corrected chi connectivity index (χ0v) is 11.4. The first-order valence-corrected chi connectivity index (χ1v) is 6.72. The summed E-state index contributed by atoms with van der Waals surface area (Å²) < 4.78 is 18.4. The second kappa shape index (κ2) is 6.09. The van der Waals surface area contributed by atoms with Gasteiger partial charge in [0, 0.05) is 12.6 Å². The van der Waals surface area contributed by atoms with Gasteiger partial charge in [-0.05, 0) is 38.3 Å². The molecule has 0 unspecified atom stereocenters. The van der Waals surface area contributed by atoms with Crippen molar-refractivity contribution in [3.05, 3.63) is 24.0 Å². The molecule has 0 radical (unpaired) electrons. The highest BCUT2D eigenvalue weighted by molar-refractivity contribution is 5.90. The van der Waals surface area contributed by atoms with Crippen LogP contribution in [0.2, 0.25) is 0 Å². The van der Waals surface area contributed by atoms with E-state index < -0.39 is 17.4 Å². The highest BCUT2D eigenvalue weighted by atomic mass is 19.1. The number of benzene rings is 1. The van der Waals surface area contributed by atoms with Crippen LogP contribution >= 0.6 is 0 Å². The van der Waals surface area contributed by atoms with Crippen LogP contribution in [-0.2, 0) is 0 Å². The Kier molecular flexibility index (Phi) is 4.44. The molecule has 1 aliphatic rings. The average Bonchev–Trinajstić information content (AvgIpc) is 2.38. The summed E-state index contributed by atoms with van der Waals surface area (Å²) in [5.41, 5.74) is -0.380. The Morgan fingerprint density at radius 2 is 2.25 bits per heavy atom. The quantitative estimate of drug-likeness (QED) is 0.776. The van der Waals surface area contributed by atoms with Gasteiger partial charge in [0.2, 0.25) is 0 Å². The van der Waals surface area contributed by atoms with Crippen LogP contribution in [0.4, 0.5) is 14.9 Å². The van der Waals surface area contributed by atoms with E-state index in [4.69, 9.17) is 4.74 Å². The lowest BCUT2D eigenvalue weighted by Crippen LogP contribution is -2.48. The number of urea groups is 1. The normalized spacial score (nSPS) is 16.1. The van der Waals surface area contributed by atoms with Gasteiger partial charge < -0.3 is 20.5 Å². The summed E-state index contributed by atoms with van der Waals surface area (Å²) in [5.74, 6) is -0.145. The molecule has 0 atom stereocenters. The summed E-state index contributed by atoms with van der Waals surface area (Å²) in [6.45, 7) is 2.37. The second-order valence-electron chi connectivity index (χ2n) is 4.96. The molecule has 1 aliphatic carbocycles. The fourth-order valence-electron chi connectivity index (χ4n) is 2.05. The van der Waals surface area contributed by atoms with Gasteiger partial charge in [-0.3, -0.25) is 0 Å². The number of nitrogens with one attached hydrogen (secondary N) is 2. The molecule has 110 valence electrons. The number of carbonyl (C=O) groups is 1. The topological polar surface area (TPSA) is 70.6 Å². The predicted molar refractivity (Wildman–Crippen MR) is 73.4 cm³/mol. The molecule has 2 amide bonds. The predicted octanol–water partition coefficient (Wildman–Crippen LogP) is 2.26. The lowest BCUT2D eigenvalue weighted by molar-refractivity contribution is -0.0287. The minimum Gasteiger partial charge on any atom is -0.492 e. The fraction of sp³-hybridized carbons (Fsp3) is 0.500. The van der Waals surface area contributed by atoms with E-state index >= 15 is 0 Å². The van der Waals surface area contributed by atoms with Crippen molar-refractivity contribution in [2.45, 2.75) is 31.8 Å². The van der Waals surface area contributed by atoms with Gasteiger partial charge in [0.15, 0.2) is 0 Å². The van der Waals surface area contributed by atoms with Crippen LogP contribution in [0.25, 0.3) is 0 Å². The Balaban J connectivity index is 1.93. The number of ether oxygens (including phenoxy) is 1. The van der Waals surface area contributed by atoms with E-state index in [1.165, 1.54) is 18.2 Å². The lowest BCUT2D eigenvalue weighted by atomic mass is 9.80. The molecule has 0 saturated heterocycles. The Labute approximate surface area is 117 Å². The van der Waals surface area contributed by atoms with E-state index in [-0.39, 0.29) is 12.3 Å². The van der Waals surface area contributed by atoms with Crippen LogP contribution in [0.15, 0.2) is 18.2 Å². The van der Waals surface area contributed by atoms with Crippen LogP contribution in [0, 0.1) is 5.82 Å². The Morgan fingerprint density at radius 3 is 2.85 bits per heavy atom. The molecule has 1 aromatic carbocycles. The molecule has 20 heavy (non-hydrogen) atoms. The molecular formula is C14H19FN2O3. The van der Waals surface area contributed by atoms with Crippen LogP contribution < -0.4 is 15.4 Å². The average molecular weight is 282 g/mol. The summed E-state index contributed by atoms with van der Waals surface area (Å²) in [5, 5.41) is 15.1. The number of hydrogen-bond donors (Lipinski definition) is 3. The molecule has 6 heteroatoms. The monoisotopic (exact) mass is 282 g/mol. The van der Waals surface area contributed by atoms with Gasteiger partial charge in [0.1, 0.15) is 11.6 Å². The Hall–Kier alpha value is -1.82. The third-order valence-electron chi connectivity index (χ3n) is 3.35. The van der Waals surface area contributed by atoms with Crippen molar-refractivity contribution in [2.75, 3.05) is 18.5 Å². The molecule has 2 rings (SSSR count). The molecule has 1 fully saturated rings. The molecular weight excluding hydrogens is 263 g/mol. The van der Waals surface area contributed by atoms with Crippen molar-refractivity contribution < 1.29 is 19.0 Å². The van der Waals surface area contributed by atoms with Gasteiger partial charge in [-0.15, -0.1) is 0 Å².